The topological polar surface area (TPSA) is 88.4 Å². The largest absolute Gasteiger partial charge is 0.344 e. The third-order valence-corrected chi connectivity index (χ3v) is 5.40. The van der Waals surface area contributed by atoms with Crippen LogP contribution in [0, 0.1) is 0 Å². The maximum atomic E-state index is 12.7. The molecule has 0 radical (unpaired) electrons. The van der Waals surface area contributed by atoms with Crippen LogP contribution in [-0.2, 0) is 9.73 Å². The molecule has 0 saturated carbocycles. The second-order valence-electron chi connectivity index (χ2n) is 5.52. The van der Waals surface area contributed by atoms with Crippen molar-refractivity contribution in [2.45, 2.75) is 24.7 Å². The highest BCUT2D eigenvalue weighted by atomic mass is 35.5. The zero-order chi connectivity index (χ0) is 18.4. The molecule has 134 valence electrons. The number of hydrogen-bond donors (Lipinski definition) is 0. The maximum Gasteiger partial charge on any atom is 0.305 e. The fourth-order valence-corrected chi connectivity index (χ4v) is 3.34. The number of pyridine rings is 1. The van der Waals surface area contributed by atoms with Crippen molar-refractivity contribution in [3.05, 3.63) is 41.4 Å². The molecule has 2 heterocycles. The highest BCUT2D eigenvalue weighted by Crippen LogP contribution is 2.19. The van der Waals surface area contributed by atoms with Gasteiger partial charge in [0.2, 0.25) is 5.95 Å². The number of carbonyl (C=O) groups excluding carboxylic acids is 1. The summed E-state index contributed by atoms with van der Waals surface area (Å²) < 4.78 is 16.6. The lowest BCUT2D eigenvalue weighted by Gasteiger charge is -2.16. The van der Waals surface area contributed by atoms with Gasteiger partial charge in [-0.15, -0.1) is 0 Å². The molecule has 0 bridgehead atoms. The zero-order valence-corrected chi connectivity index (χ0v) is 15.9. The average molecular weight is 382 g/mol. The van der Waals surface area contributed by atoms with Gasteiger partial charge in [0.05, 0.1) is 25.8 Å². The van der Waals surface area contributed by atoms with Crippen LogP contribution in [0.4, 0.5) is 5.95 Å². The van der Waals surface area contributed by atoms with Crippen LogP contribution >= 0.6 is 11.6 Å². The first-order valence-electron chi connectivity index (χ1n) is 7.75. The first-order chi connectivity index (χ1) is 11.8. The van der Waals surface area contributed by atoms with E-state index in [4.69, 9.17) is 11.6 Å². The van der Waals surface area contributed by atoms with Crippen molar-refractivity contribution in [2.24, 2.45) is 4.36 Å². The molecule has 2 aromatic rings. The number of hydrogen-bond acceptors (Lipinski definition) is 6. The van der Waals surface area contributed by atoms with E-state index < -0.39 is 15.6 Å². The van der Waals surface area contributed by atoms with Crippen molar-refractivity contribution in [1.29, 1.82) is 0 Å². The Balaban J connectivity index is 2.36. The monoisotopic (exact) mass is 381 g/mol. The molecule has 0 N–H and O–H groups in total. The van der Waals surface area contributed by atoms with Crippen LogP contribution in [0.1, 0.15) is 30.3 Å². The Morgan fingerprint density at radius 3 is 2.68 bits per heavy atom. The lowest BCUT2D eigenvalue weighted by molar-refractivity contribution is 0.100. The van der Waals surface area contributed by atoms with E-state index in [0.717, 1.165) is 19.4 Å². The molecule has 1 unspecified atom stereocenters. The average Bonchev–Trinajstić information content (AvgIpc) is 2.60. The molecule has 0 aliphatic heterocycles. The summed E-state index contributed by atoms with van der Waals surface area (Å²) in [5.74, 6) is -0.357. The van der Waals surface area contributed by atoms with Crippen LogP contribution in [-0.4, -0.2) is 44.9 Å². The first kappa shape index (κ1) is 19.3. The molecule has 0 aromatic carbocycles. The molecule has 0 spiro atoms. The van der Waals surface area contributed by atoms with Crippen molar-refractivity contribution < 1.29 is 9.00 Å². The minimum Gasteiger partial charge on any atom is -0.344 e. The van der Waals surface area contributed by atoms with Crippen molar-refractivity contribution in [3.8, 4) is 0 Å². The molecule has 1 atom stereocenters. The summed E-state index contributed by atoms with van der Waals surface area (Å²) in [6.07, 6.45) is 7.75. The first-order valence-corrected chi connectivity index (χ1v) is 10.1. The summed E-state index contributed by atoms with van der Waals surface area (Å²) in [7, 11) is -1.08. The van der Waals surface area contributed by atoms with Gasteiger partial charge >= 0.3 is 5.91 Å². The van der Waals surface area contributed by atoms with E-state index in [2.05, 4.69) is 26.2 Å². The summed E-state index contributed by atoms with van der Waals surface area (Å²) in [6.45, 7) is 2.84. The number of rotatable bonds is 6. The quantitative estimate of drug-likeness (QED) is 0.764. The number of carbonyl (C=O) groups is 1. The number of nitrogens with zero attached hydrogens (tertiary/aromatic N) is 5. The highest BCUT2D eigenvalue weighted by molar-refractivity contribution is 7.93. The van der Waals surface area contributed by atoms with E-state index in [1.165, 1.54) is 24.8 Å². The number of unbranched alkanes of at least 4 members (excludes halogenated alkanes) is 1. The van der Waals surface area contributed by atoms with Crippen molar-refractivity contribution in [2.75, 3.05) is 24.7 Å². The summed E-state index contributed by atoms with van der Waals surface area (Å²) in [4.78, 5) is 27.0. The van der Waals surface area contributed by atoms with Crippen LogP contribution in [0.3, 0.4) is 0 Å². The van der Waals surface area contributed by atoms with Crippen molar-refractivity contribution in [3.63, 3.8) is 0 Å². The van der Waals surface area contributed by atoms with Gasteiger partial charge in [-0.1, -0.05) is 24.9 Å². The van der Waals surface area contributed by atoms with Crippen molar-refractivity contribution in [1.82, 2.24) is 15.0 Å². The summed E-state index contributed by atoms with van der Waals surface area (Å²) >= 11 is 6.05. The third-order valence-electron chi connectivity index (χ3n) is 3.47. The molecule has 2 rings (SSSR count). The van der Waals surface area contributed by atoms with Gasteiger partial charge in [-0.3, -0.25) is 9.78 Å². The van der Waals surface area contributed by atoms with Gasteiger partial charge in [-0.05, 0) is 18.6 Å². The van der Waals surface area contributed by atoms with Crippen LogP contribution in [0.2, 0.25) is 5.02 Å². The van der Waals surface area contributed by atoms with E-state index in [-0.39, 0.29) is 10.7 Å². The summed E-state index contributed by atoms with van der Waals surface area (Å²) in [6, 6.07) is 3.12. The zero-order valence-electron chi connectivity index (χ0n) is 14.3. The second-order valence-corrected chi connectivity index (χ2v) is 8.19. The lowest BCUT2D eigenvalue weighted by atomic mass is 10.3. The fourth-order valence-electron chi connectivity index (χ4n) is 2.03. The van der Waals surface area contributed by atoms with E-state index in [1.807, 2.05) is 11.9 Å². The van der Waals surface area contributed by atoms with Gasteiger partial charge in [-0.25, -0.2) is 14.2 Å². The fraction of sp³-hybridized carbons (Fsp3) is 0.375. The number of amides is 1. The molecular weight excluding hydrogens is 362 g/mol. The molecular formula is C16H20ClN5O2S. The van der Waals surface area contributed by atoms with E-state index in [0.29, 0.717) is 10.8 Å². The minimum absolute atomic E-state index is 0.0568. The molecule has 0 aliphatic carbocycles. The number of aromatic nitrogens is 3. The summed E-state index contributed by atoms with van der Waals surface area (Å²) in [5, 5.41) is 0.0753. The Morgan fingerprint density at radius 2 is 2.04 bits per heavy atom. The van der Waals surface area contributed by atoms with Gasteiger partial charge in [-0.2, -0.15) is 4.36 Å². The third kappa shape index (κ3) is 4.96. The van der Waals surface area contributed by atoms with Gasteiger partial charge < -0.3 is 4.90 Å². The second kappa shape index (κ2) is 8.35. The van der Waals surface area contributed by atoms with Gasteiger partial charge in [0.15, 0.2) is 5.69 Å². The van der Waals surface area contributed by atoms with Crippen LogP contribution in [0.5, 0.6) is 0 Å². The normalized spacial score (nSPS) is 13.1. The van der Waals surface area contributed by atoms with Gasteiger partial charge in [0, 0.05) is 32.2 Å². The SMILES string of the molecule is CCCCN(C)c1ncc(Cl)c(C(=O)N=S(C)(=O)c2ccncc2)n1. The Labute approximate surface area is 152 Å². The predicted molar refractivity (Wildman–Crippen MR) is 98.5 cm³/mol. The maximum absolute atomic E-state index is 12.7. The molecule has 9 heteroatoms. The van der Waals surface area contributed by atoms with Crippen LogP contribution in [0.25, 0.3) is 0 Å². The smallest absolute Gasteiger partial charge is 0.305 e. The minimum atomic E-state index is -2.92. The molecule has 2 aromatic heterocycles. The van der Waals surface area contributed by atoms with E-state index in [1.54, 1.807) is 12.1 Å². The molecule has 7 nitrogen and oxygen atoms in total. The molecule has 0 saturated heterocycles. The molecule has 0 fully saturated rings. The van der Waals surface area contributed by atoms with Crippen LogP contribution in [0.15, 0.2) is 40.0 Å². The lowest BCUT2D eigenvalue weighted by Crippen LogP contribution is -2.22. The Kier molecular flexibility index (Phi) is 6.44. The van der Waals surface area contributed by atoms with Crippen LogP contribution < -0.4 is 4.90 Å². The number of anilines is 1. The molecule has 25 heavy (non-hydrogen) atoms. The van der Waals surface area contributed by atoms with E-state index in [9.17, 15) is 9.00 Å². The molecule has 0 aliphatic rings. The standard InChI is InChI=1S/C16H20ClN5O2S/c1-4-5-10-22(2)16-19-11-13(17)14(20-16)15(23)21-25(3,24)12-6-8-18-9-7-12/h6-9,11H,4-5,10H2,1-3H3. The predicted octanol–water partition coefficient (Wildman–Crippen LogP) is 3.06. The molecule has 1 amide bonds. The van der Waals surface area contributed by atoms with Crippen molar-refractivity contribution >= 4 is 33.2 Å². The number of halogens is 1. The van der Waals surface area contributed by atoms with Gasteiger partial charge in [0.25, 0.3) is 0 Å². The van der Waals surface area contributed by atoms with E-state index >= 15 is 0 Å². The Morgan fingerprint density at radius 1 is 1.36 bits per heavy atom. The highest BCUT2D eigenvalue weighted by Gasteiger charge is 2.18. The summed E-state index contributed by atoms with van der Waals surface area (Å²) in [5.41, 5.74) is -0.0568. The Hall–Kier alpha value is -2.06. The Bertz CT molecular complexity index is 866. The van der Waals surface area contributed by atoms with Gasteiger partial charge in [0.1, 0.15) is 0 Å².